The summed E-state index contributed by atoms with van der Waals surface area (Å²) in [6, 6.07) is 0. The van der Waals surface area contributed by atoms with Gasteiger partial charge >= 0.3 is 11.9 Å². The molecule has 0 saturated heterocycles. The zero-order valence-electron chi connectivity index (χ0n) is 14.4. The van der Waals surface area contributed by atoms with Crippen molar-refractivity contribution in [2.75, 3.05) is 13.2 Å². The third kappa shape index (κ3) is 4.82. The molecule has 1 heterocycles. The predicted molar refractivity (Wildman–Crippen MR) is 91.0 cm³/mol. The summed E-state index contributed by atoms with van der Waals surface area (Å²) in [5.41, 5.74) is 2.61. The van der Waals surface area contributed by atoms with Crippen LogP contribution in [-0.4, -0.2) is 41.0 Å². The third-order valence-corrected chi connectivity index (χ3v) is 3.80. The number of rotatable bonds is 6. The maximum atomic E-state index is 12.1. The Bertz CT molecular complexity index is 700. The van der Waals surface area contributed by atoms with Crippen LogP contribution in [0.15, 0.2) is 47.0 Å². The van der Waals surface area contributed by atoms with Crippen molar-refractivity contribution >= 4 is 17.8 Å². The van der Waals surface area contributed by atoms with E-state index in [1.807, 2.05) is 6.08 Å². The number of allylic oxidation sites excluding steroid dienone is 4. The van der Waals surface area contributed by atoms with E-state index in [0.717, 1.165) is 11.3 Å². The molecule has 0 radical (unpaired) electrons. The van der Waals surface area contributed by atoms with Crippen molar-refractivity contribution in [3.05, 3.63) is 47.0 Å². The number of nitrogens with one attached hydrogen (secondary N) is 1. The minimum atomic E-state index is -0.995. The van der Waals surface area contributed by atoms with E-state index in [1.54, 1.807) is 37.1 Å². The van der Waals surface area contributed by atoms with Crippen molar-refractivity contribution in [1.82, 2.24) is 10.2 Å². The number of aliphatic carboxylic acids is 1. The van der Waals surface area contributed by atoms with Crippen LogP contribution in [-0.2, 0) is 19.1 Å². The van der Waals surface area contributed by atoms with Gasteiger partial charge in [0.25, 0.3) is 0 Å². The first kappa shape index (κ1) is 18.5. The summed E-state index contributed by atoms with van der Waals surface area (Å²) in [6.07, 6.45) is 8.18. The van der Waals surface area contributed by atoms with Crippen LogP contribution in [0.3, 0.4) is 0 Å². The minimum Gasteiger partial charge on any atom is -0.480 e. The van der Waals surface area contributed by atoms with Crippen molar-refractivity contribution in [3.63, 3.8) is 0 Å². The molecule has 7 nitrogen and oxygen atoms in total. The topological polar surface area (TPSA) is 95.9 Å². The van der Waals surface area contributed by atoms with Gasteiger partial charge in [-0.2, -0.15) is 0 Å². The van der Waals surface area contributed by atoms with Crippen molar-refractivity contribution in [3.8, 4) is 0 Å². The molecular formula is C18H22N2O5. The van der Waals surface area contributed by atoms with E-state index in [1.165, 1.54) is 0 Å². The van der Waals surface area contributed by atoms with Crippen molar-refractivity contribution in [2.24, 2.45) is 0 Å². The maximum absolute atomic E-state index is 12.1. The highest BCUT2D eigenvalue weighted by atomic mass is 16.5. The Balaban J connectivity index is 2.35. The standard InChI is InChI=1S/C18H22N2O5/c1-3-16(21)19-14-6-5-7-15-12(9-14)8-13(18(24)25-4-2)10-20(15)11-17(22)23/h5-6,9-10H,3-4,7-8,11H2,1-2H3,(H,19,21)(H,22,23). The number of amides is 1. The van der Waals surface area contributed by atoms with Crippen LogP contribution < -0.4 is 5.32 Å². The molecule has 0 saturated carbocycles. The lowest BCUT2D eigenvalue weighted by atomic mass is 9.98. The van der Waals surface area contributed by atoms with Gasteiger partial charge in [0.1, 0.15) is 6.54 Å². The second-order valence-corrected chi connectivity index (χ2v) is 5.65. The lowest BCUT2D eigenvalue weighted by molar-refractivity contribution is -0.140. The van der Waals surface area contributed by atoms with Gasteiger partial charge in [-0.1, -0.05) is 13.0 Å². The van der Waals surface area contributed by atoms with Gasteiger partial charge in [-0.15, -0.1) is 0 Å². The zero-order valence-corrected chi connectivity index (χ0v) is 14.4. The predicted octanol–water partition coefficient (Wildman–Crippen LogP) is 1.85. The fraction of sp³-hybridized carbons (Fsp3) is 0.389. The fourth-order valence-electron chi connectivity index (χ4n) is 2.68. The molecule has 0 spiro atoms. The molecule has 134 valence electrons. The summed E-state index contributed by atoms with van der Waals surface area (Å²) >= 11 is 0. The number of hydrogen-bond acceptors (Lipinski definition) is 5. The Labute approximate surface area is 146 Å². The lowest BCUT2D eigenvalue weighted by Gasteiger charge is -2.29. The number of carboxylic acid groups (broad SMARTS) is 1. The molecular weight excluding hydrogens is 324 g/mol. The monoisotopic (exact) mass is 346 g/mol. The van der Waals surface area contributed by atoms with Gasteiger partial charge in [0.2, 0.25) is 5.91 Å². The van der Waals surface area contributed by atoms with Gasteiger partial charge in [-0.25, -0.2) is 4.79 Å². The van der Waals surface area contributed by atoms with Crippen LogP contribution in [0.1, 0.15) is 33.1 Å². The summed E-state index contributed by atoms with van der Waals surface area (Å²) in [4.78, 5) is 36.5. The molecule has 0 atom stereocenters. The Kier molecular flexibility index (Phi) is 6.16. The molecule has 1 aliphatic heterocycles. The zero-order chi connectivity index (χ0) is 18.4. The lowest BCUT2D eigenvalue weighted by Crippen LogP contribution is -2.29. The average molecular weight is 346 g/mol. The fourth-order valence-corrected chi connectivity index (χ4v) is 2.68. The Morgan fingerprint density at radius 1 is 1.32 bits per heavy atom. The summed E-state index contributed by atoms with van der Waals surface area (Å²) in [5.74, 6) is -1.57. The van der Waals surface area contributed by atoms with E-state index in [-0.39, 0.29) is 19.1 Å². The summed E-state index contributed by atoms with van der Waals surface area (Å²) in [7, 11) is 0. The molecule has 1 aliphatic carbocycles. The normalized spacial score (nSPS) is 16.5. The molecule has 0 fully saturated rings. The van der Waals surface area contributed by atoms with E-state index in [2.05, 4.69) is 5.32 Å². The van der Waals surface area contributed by atoms with Gasteiger partial charge in [0.15, 0.2) is 0 Å². The first-order valence-electron chi connectivity index (χ1n) is 8.21. The quantitative estimate of drug-likeness (QED) is 0.713. The highest BCUT2D eigenvalue weighted by Gasteiger charge is 2.25. The largest absolute Gasteiger partial charge is 0.480 e. The molecule has 2 aliphatic rings. The van der Waals surface area contributed by atoms with Gasteiger partial charge in [-0.3, -0.25) is 9.59 Å². The number of carboxylic acids is 1. The number of hydrogen-bond donors (Lipinski definition) is 2. The Morgan fingerprint density at radius 2 is 2.08 bits per heavy atom. The van der Waals surface area contributed by atoms with Gasteiger partial charge < -0.3 is 20.1 Å². The first-order valence-corrected chi connectivity index (χ1v) is 8.21. The number of ether oxygens (including phenoxy) is 1. The number of carbonyl (C=O) groups excluding carboxylic acids is 2. The highest BCUT2D eigenvalue weighted by Crippen LogP contribution is 2.31. The Morgan fingerprint density at radius 3 is 2.72 bits per heavy atom. The minimum absolute atomic E-state index is 0.112. The number of nitrogens with zero attached hydrogens (tertiary/aromatic N) is 1. The molecule has 0 bridgehead atoms. The van der Waals surface area contributed by atoms with Gasteiger partial charge in [-0.05, 0) is 24.6 Å². The van der Waals surface area contributed by atoms with Gasteiger partial charge in [0, 0.05) is 36.9 Å². The van der Waals surface area contributed by atoms with E-state index < -0.39 is 11.9 Å². The number of esters is 1. The van der Waals surface area contributed by atoms with Crippen molar-refractivity contribution < 1.29 is 24.2 Å². The second-order valence-electron chi connectivity index (χ2n) is 5.65. The van der Waals surface area contributed by atoms with Crippen LogP contribution >= 0.6 is 0 Å². The molecule has 7 heteroatoms. The SMILES string of the molecule is CCOC(=O)C1=CN(CC(=O)O)C2=C(C=C(NC(=O)CC)C=CC2)C1. The summed E-state index contributed by atoms with van der Waals surface area (Å²) in [6.45, 7) is 3.48. The van der Waals surface area contributed by atoms with E-state index in [4.69, 9.17) is 9.84 Å². The molecule has 0 unspecified atom stereocenters. The van der Waals surface area contributed by atoms with Crippen LogP contribution in [0.4, 0.5) is 0 Å². The Hall–Kier alpha value is -2.83. The smallest absolute Gasteiger partial charge is 0.335 e. The highest BCUT2D eigenvalue weighted by molar-refractivity contribution is 5.89. The van der Waals surface area contributed by atoms with Crippen LogP contribution in [0.25, 0.3) is 0 Å². The number of carbonyl (C=O) groups is 3. The van der Waals surface area contributed by atoms with Crippen LogP contribution in [0.5, 0.6) is 0 Å². The summed E-state index contributed by atoms with van der Waals surface area (Å²) < 4.78 is 5.04. The first-order chi connectivity index (χ1) is 11.9. The molecule has 0 aromatic carbocycles. The van der Waals surface area contributed by atoms with E-state index >= 15 is 0 Å². The van der Waals surface area contributed by atoms with E-state index in [9.17, 15) is 14.4 Å². The molecule has 25 heavy (non-hydrogen) atoms. The van der Waals surface area contributed by atoms with E-state index in [0.29, 0.717) is 30.5 Å². The van der Waals surface area contributed by atoms with Crippen molar-refractivity contribution in [2.45, 2.75) is 33.1 Å². The average Bonchev–Trinajstić information content (AvgIpc) is 2.76. The van der Waals surface area contributed by atoms with Crippen LogP contribution in [0, 0.1) is 0 Å². The molecule has 2 rings (SSSR count). The summed E-state index contributed by atoms with van der Waals surface area (Å²) in [5, 5.41) is 12.0. The molecule has 2 N–H and O–H groups in total. The van der Waals surface area contributed by atoms with Crippen molar-refractivity contribution in [1.29, 1.82) is 0 Å². The maximum Gasteiger partial charge on any atom is 0.335 e. The van der Waals surface area contributed by atoms with Gasteiger partial charge in [0.05, 0.1) is 12.2 Å². The van der Waals surface area contributed by atoms with Crippen LogP contribution in [0.2, 0.25) is 0 Å². The second kappa shape index (κ2) is 8.32. The third-order valence-electron chi connectivity index (χ3n) is 3.80. The molecule has 0 aromatic rings. The molecule has 1 amide bonds. The molecule has 0 aromatic heterocycles.